The Hall–Kier alpha value is -1.81. The zero-order valence-corrected chi connectivity index (χ0v) is 10.5. The first-order valence-corrected chi connectivity index (χ1v) is 5.80. The van der Waals surface area contributed by atoms with Crippen molar-refractivity contribution >= 4 is 0 Å². The van der Waals surface area contributed by atoms with Crippen molar-refractivity contribution in [1.82, 2.24) is 0 Å². The molecule has 0 fully saturated rings. The number of hydrogen-bond donors (Lipinski definition) is 1. The van der Waals surface area contributed by atoms with Crippen LogP contribution in [0.25, 0.3) is 0 Å². The van der Waals surface area contributed by atoms with Gasteiger partial charge in [0.05, 0.1) is 0 Å². The van der Waals surface area contributed by atoms with Crippen LogP contribution in [0.3, 0.4) is 0 Å². The maximum absolute atomic E-state index is 13.7. The topological polar surface area (TPSA) is 20.2 Å². The SMILES string of the molecule is Cc1cc(C(O)c2cc(C)c(F)cc2F)ccc1F. The minimum atomic E-state index is -1.25. The molecule has 0 radical (unpaired) electrons. The molecule has 0 spiro atoms. The summed E-state index contributed by atoms with van der Waals surface area (Å²) in [5.41, 5.74) is 0.943. The number of benzene rings is 2. The molecule has 2 aromatic rings. The summed E-state index contributed by atoms with van der Waals surface area (Å²) in [6.07, 6.45) is -1.25. The number of aryl methyl sites for hydroxylation is 2. The second-order valence-corrected chi connectivity index (χ2v) is 4.53. The van der Waals surface area contributed by atoms with Gasteiger partial charge in [-0.1, -0.05) is 12.1 Å². The Morgan fingerprint density at radius 2 is 1.47 bits per heavy atom. The van der Waals surface area contributed by atoms with Crippen LogP contribution in [0.1, 0.15) is 28.4 Å². The molecule has 0 saturated heterocycles. The van der Waals surface area contributed by atoms with Crippen molar-refractivity contribution in [3.8, 4) is 0 Å². The molecule has 4 heteroatoms. The molecule has 0 aliphatic heterocycles. The minimum Gasteiger partial charge on any atom is -0.384 e. The Bertz CT molecular complexity index is 623. The lowest BCUT2D eigenvalue weighted by molar-refractivity contribution is 0.214. The third-order valence-corrected chi connectivity index (χ3v) is 3.07. The number of aliphatic hydroxyl groups excluding tert-OH is 1. The van der Waals surface area contributed by atoms with E-state index in [2.05, 4.69) is 0 Å². The van der Waals surface area contributed by atoms with E-state index in [0.29, 0.717) is 11.1 Å². The van der Waals surface area contributed by atoms with Crippen molar-refractivity contribution in [2.45, 2.75) is 20.0 Å². The standard InChI is InChI=1S/C15H13F3O/c1-8-5-10(3-4-12(8)16)15(19)11-6-9(2)13(17)7-14(11)18/h3-7,15,19H,1-2H3. The lowest BCUT2D eigenvalue weighted by atomic mass is 9.98. The van der Waals surface area contributed by atoms with Gasteiger partial charge in [0.2, 0.25) is 0 Å². The highest BCUT2D eigenvalue weighted by Gasteiger charge is 2.17. The van der Waals surface area contributed by atoms with Gasteiger partial charge in [0, 0.05) is 11.6 Å². The predicted octanol–water partition coefficient (Wildman–Crippen LogP) is 3.80. The number of halogens is 3. The molecule has 2 aromatic carbocycles. The largest absolute Gasteiger partial charge is 0.384 e. The fourth-order valence-electron chi connectivity index (χ4n) is 1.91. The number of aliphatic hydroxyl groups is 1. The van der Waals surface area contributed by atoms with E-state index in [4.69, 9.17) is 0 Å². The first kappa shape index (κ1) is 13.6. The van der Waals surface area contributed by atoms with Gasteiger partial charge in [-0.2, -0.15) is 0 Å². The van der Waals surface area contributed by atoms with Gasteiger partial charge in [-0.15, -0.1) is 0 Å². The lowest BCUT2D eigenvalue weighted by Crippen LogP contribution is -2.05. The van der Waals surface area contributed by atoms with E-state index >= 15 is 0 Å². The fourth-order valence-corrected chi connectivity index (χ4v) is 1.91. The average Bonchev–Trinajstić information content (AvgIpc) is 2.36. The van der Waals surface area contributed by atoms with Crippen molar-refractivity contribution < 1.29 is 18.3 Å². The summed E-state index contributed by atoms with van der Waals surface area (Å²) in [5, 5.41) is 10.1. The van der Waals surface area contributed by atoms with Crippen LogP contribution in [0.5, 0.6) is 0 Å². The first-order chi connectivity index (χ1) is 8.90. The first-order valence-electron chi connectivity index (χ1n) is 5.80. The van der Waals surface area contributed by atoms with Crippen LogP contribution in [0.2, 0.25) is 0 Å². The molecule has 0 aliphatic carbocycles. The zero-order valence-electron chi connectivity index (χ0n) is 10.5. The summed E-state index contributed by atoms with van der Waals surface area (Å²) in [7, 11) is 0. The fraction of sp³-hybridized carbons (Fsp3) is 0.200. The van der Waals surface area contributed by atoms with Gasteiger partial charge in [0.1, 0.15) is 23.6 Å². The van der Waals surface area contributed by atoms with Crippen LogP contribution in [-0.4, -0.2) is 5.11 Å². The van der Waals surface area contributed by atoms with Gasteiger partial charge in [0.25, 0.3) is 0 Å². The normalized spacial score (nSPS) is 12.5. The molecule has 1 N–H and O–H groups in total. The molecule has 100 valence electrons. The van der Waals surface area contributed by atoms with Gasteiger partial charge in [-0.25, -0.2) is 13.2 Å². The van der Waals surface area contributed by atoms with Crippen LogP contribution in [0, 0.1) is 31.3 Å². The molecule has 19 heavy (non-hydrogen) atoms. The predicted molar refractivity (Wildman–Crippen MR) is 66.3 cm³/mol. The third-order valence-electron chi connectivity index (χ3n) is 3.07. The molecule has 1 unspecified atom stereocenters. The highest BCUT2D eigenvalue weighted by molar-refractivity contribution is 5.35. The van der Waals surface area contributed by atoms with Gasteiger partial charge < -0.3 is 5.11 Å². The quantitative estimate of drug-likeness (QED) is 0.876. The minimum absolute atomic E-state index is 0.0232. The van der Waals surface area contributed by atoms with Gasteiger partial charge in [-0.3, -0.25) is 0 Å². The number of hydrogen-bond acceptors (Lipinski definition) is 1. The summed E-state index contributed by atoms with van der Waals surface area (Å²) >= 11 is 0. The molecule has 0 bridgehead atoms. The Balaban J connectivity index is 2.46. The Kier molecular flexibility index (Phi) is 3.62. The molecule has 0 saturated carbocycles. The molecule has 2 rings (SSSR count). The van der Waals surface area contributed by atoms with Gasteiger partial charge in [-0.05, 0) is 42.7 Å². The molecule has 1 atom stereocenters. The van der Waals surface area contributed by atoms with Crippen LogP contribution < -0.4 is 0 Å². The maximum atomic E-state index is 13.7. The Morgan fingerprint density at radius 1 is 0.842 bits per heavy atom. The van der Waals surface area contributed by atoms with E-state index in [-0.39, 0.29) is 11.1 Å². The summed E-state index contributed by atoms with van der Waals surface area (Å²) in [6.45, 7) is 3.04. The van der Waals surface area contributed by atoms with Gasteiger partial charge >= 0.3 is 0 Å². The van der Waals surface area contributed by atoms with E-state index in [1.165, 1.54) is 31.2 Å². The summed E-state index contributed by atoms with van der Waals surface area (Å²) in [6, 6.07) is 6.03. The zero-order chi connectivity index (χ0) is 14.2. The molecule has 1 nitrogen and oxygen atoms in total. The van der Waals surface area contributed by atoms with E-state index in [9.17, 15) is 18.3 Å². The molecule has 0 aromatic heterocycles. The van der Waals surface area contributed by atoms with Crippen molar-refractivity contribution in [3.05, 3.63) is 70.0 Å². The van der Waals surface area contributed by atoms with Crippen LogP contribution in [0.15, 0.2) is 30.3 Å². The summed E-state index contributed by atoms with van der Waals surface area (Å²) < 4.78 is 40.0. The summed E-state index contributed by atoms with van der Waals surface area (Å²) in [5.74, 6) is -1.88. The maximum Gasteiger partial charge on any atom is 0.132 e. The molecular weight excluding hydrogens is 253 g/mol. The molecule has 0 aliphatic rings. The summed E-state index contributed by atoms with van der Waals surface area (Å²) in [4.78, 5) is 0. The van der Waals surface area contributed by atoms with E-state index in [1.807, 2.05) is 0 Å². The van der Waals surface area contributed by atoms with Crippen LogP contribution >= 0.6 is 0 Å². The van der Waals surface area contributed by atoms with E-state index in [1.54, 1.807) is 6.92 Å². The monoisotopic (exact) mass is 266 g/mol. The highest BCUT2D eigenvalue weighted by Crippen LogP contribution is 2.27. The second kappa shape index (κ2) is 5.05. The molecular formula is C15H13F3O. The Labute approximate surface area is 109 Å². The average molecular weight is 266 g/mol. The second-order valence-electron chi connectivity index (χ2n) is 4.53. The molecule has 0 heterocycles. The van der Waals surface area contributed by atoms with Crippen LogP contribution in [0.4, 0.5) is 13.2 Å². The van der Waals surface area contributed by atoms with Gasteiger partial charge in [0.15, 0.2) is 0 Å². The highest BCUT2D eigenvalue weighted by atomic mass is 19.1. The van der Waals surface area contributed by atoms with E-state index < -0.39 is 23.6 Å². The lowest BCUT2D eigenvalue weighted by Gasteiger charge is -2.14. The van der Waals surface area contributed by atoms with E-state index in [0.717, 1.165) is 6.07 Å². The van der Waals surface area contributed by atoms with Crippen molar-refractivity contribution in [2.24, 2.45) is 0 Å². The Morgan fingerprint density at radius 3 is 2.11 bits per heavy atom. The third kappa shape index (κ3) is 2.63. The molecule has 0 amide bonds. The van der Waals surface area contributed by atoms with Crippen molar-refractivity contribution in [2.75, 3.05) is 0 Å². The smallest absolute Gasteiger partial charge is 0.132 e. The number of rotatable bonds is 2. The van der Waals surface area contributed by atoms with Crippen molar-refractivity contribution in [3.63, 3.8) is 0 Å². The van der Waals surface area contributed by atoms with Crippen molar-refractivity contribution in [1.29, 1.82) is 0 Å². The van der Waals surface area contributed by atoms with Crippen LogP contribution in [-0.2, 0) is 0 Å².